The van der Waals surface area contributed by atoms with Crippen LogP contribution in [0.2, 0.25) is 0 Å². The molecule has 1 heterocycles. The third kappa shape index (κ3) is 3.41. The number of rotatable bonds is 4. The highest BCUT2D eigenvalue weighted by molar-refractivity contribution is 9.10. The van der Waals surface area contributed by atoms with Crippen molar-refractivity contribution in [2.24, 2.45) is 11.8 Å². The van der Waals surface area contributed by atoms with Gasteiger partial charge in [0.25, 0.3) is 0 Å². The molecule has 1 aliphatic heterocycles. The van der Waals surface area contributed by atoms with E-state index >= 15 is 0 Å². The van der Waals surface area contributed by atoms with Gasteiger partial charge in [0.15, 0.2) is 9.84 Å². The summed E-state index contributed by atoms with van der Waals surface area (Å²) in [5.74, 6) is -1.98. The Morgan fingerprint density at radius 3 is 2.40 bits per heavy atom. The Hall–Kier alpha value is -0.880. The number of halogens is 1. The molecule has 1 aliphatic rings. The Morgan fingerprint density at radius 2 is 1.95 bits per heavy atom. The minimum Gasteiger partial charge on any atom is -0.481 e. The minimum atomic E-state index is -3.07. The third-order valence-electron chi connectivity index (χ3n) is 4.00. The first kappa shape index (κ1) is 15.5. The van der Waals surface area contributed by atoms with Crippen LogP contribution >= 0.6 is 15.9 Å². The smallest absolute Gasteiger partial charge is 0.307 e. The standard InChI is InChI=1S/C14H17BrO4S/c1-9(10-2-4-12(15)5-3-10)13(14(16)17)11-6-7-20(18,19)8-11/h2-5,9,11,13H,6-8H2,1H3,(H,16,17). The molecule has 3 atom stereocenters. The van der Waals surface area contributed by atoms with Crippen LogP contribution in [0.4, 0.5) is 0 Å². The molecule has 1 saturated heterocycles. The quantitative estimate of drug-likeness (QED) is 0.895. The SMILES string of the molecule is CC(c1ccc(Br)cc1)C(C(=O)O)C1CCS(=O)(=O)C1. The van der Waals surface area contributed by atoms with E-state index < -0.39 is 21.7 Å². The van der Waals surface area contributed by atoms with Crippen LogP contribution in [0.25, 0.3) is 0 Å². The van der Waals surface area contributed by atoms with Crippen LogP contribution in [0, 0.1) is 11.8 Å². The molecule has 1 aromatic carbocycles. The molecule has 0 radical (unpaired) electrons. The summed E-state index contributed by atoms with van der Waals surface area (Å²) in [7, 11) is -3.07. The fourth-order valence-electron chi connectivity index (χ4n) is 2.90. The summed E-state index contributed by atoms with van der Waals surface area (Å²) in [5.41, 5.74) is 0.921. The van der Waals surface area contributed by atoms with Crippen molar-refractivity contribution in [3.63, 3.8) is 0 Å². The first-order valence-electron chi connectivity index (χ1n) is 6.49. The maximum absolute atomic E-state index is 11.6. The van der Waals surface area contributed by atoms with Crippen LogP contribution in [0.3, 0.4) is 0 Å². The lowest BCUT2D eigenvalue weighted by Gasteiger charge is -2.25. The van der Waals surface area contributed by atoms with Gasteiger partial charge >= 0.3 is 5.97 Å². The fourth-order valence-corrected chi connectivity index (χ4v) is 5.02. The maximum Gasteiger partial charge on any atom is 0.307 e. The normalized spacial score (nSPS) is 24.2. The van der Waals surface area contributed by atoms with E-state index in [0.717, 1.165) is 10.0 Å². The average molecular weight is 361 g/mol. The number of carbonyl (C=O) groups is 1. The van der Waals surface area contributed by atoms with Gasteiger partial charge in [-0.15, -0.1) is 0 Å². The van der Waals surface area contributed by atoms with Crippen LogP contribution in [0.5, 0.6) is 0 Å². The summed E-state index contributed by atoms with van der Waals surface area (Å²) in [6.45, 7) is 1.85. The number of sulfone groups is 1. The number of hydrogen-bond acceptors (Lipinski definition) is 3. The Kier molecular flexibility index (Phi) is 4.54. The molecule has 0 aromatic heterocycles. The van der Waals surface area contributed by atoms with E-state index in [1.165, 1.54) is 0 Å². The zero-order valence-corrected chi connectivity index (χ0v) is 13.5. The molecule has 0 bridgehead atoms. The monoisotopic (exact) mass is 360 g/mol. The molecule has 3 unspecified atom stereocenters. The van der Waals surface area contributed by atoms with Crippen LogP contribution in [0.1, 0.15) is 24.8 Å². The van der Waals surface area contributed by atoms with Crippen molar-refractivity contribution in [1.82, 2.24) is 0 Å². The van der Waals surface area contributed by atoms with Crippen LogP contribution in [0.15, 0.2) is 28.7 Å². The van der Waals surface area contributed by atoms with Gasteiger partial charge in [-0.25, -0.2) is 8.42 Å². The number of hydrogen-bond donors (Lipinski definition) is 1. The summed E-state index contributed by atoms with van der Waals surface area (Å²) < 4.78 is 24.1. The summed E-state index contributed by atoms with van der Waals surface area (Å²) in [6.07, 6.45) is 0.445. The molecule has 0 aliphatic carbocycles. The van der Waals surface area contributed by atoms with E-state index in [1.807, 2.05) is 31.2 Å². The summed E-state index contributed by atoms with van der Waals surface area (Å²) in [6, 6.07) is 7.51. The second-order valence-electron chi connectivity index (χ2n) is 5.37. The molecule has 4 nitrogen and oxygen atoms in total. The zero-order chi connectivity index (χ0) is 14.9. The van der Waals surface area contributed by atoms with E-state index in [-0.39, 0.29) is 23.3 Å². The van der Waals surface area contributed by atoms with Crippen molar-refractivity contribution < 1.29 is 18.3 Å². The molecule has 2 rings (SSSR count). The van der Waals surface area contributed by atoms with Crippen LogP contribution < -0.4 is 0 Å². The van der Waals surface area contributed by atoms with E-state index in [1.54, 1.807) is 0 Å². The number of benzene rings is 1. The lowest BCUT2D eigenvalue weighted by atomic mass is 9.78. The first-order chi connectivity index (χ1) is 9.30. The minimum absolute atomic E-state index is 0.00909. The van der Waals surface area contributed by atoms with E-state index in [2.05, 4.69) is 15.9 Å². The molecule has 1 fully saturated rings. The predicted molar refractivity (Wildman–Crippen MR) is 80.4 cm³/mol. The van der Waals surface area contributed by atoms with Gasteiger partial charge in [0, 0.05) is 4.47 Å². The molecule has 0 spiro atoms. The van der Waals surface area contributed by atoms with E-state index in [4.69, 9.17) is 0 Å². The zero-order valence-electron chi connectivity index (χ0n) is 11.1. The number of aliphatic carboxylic acids is 1. The molecule has 6 heteroatoms. The van der Waals surface area contributed by atoms with E-state index in [0.29, 0.717) is 6.42 Å². The van der Waals surface area contributed by atoms with Crippen molar-refractivity contribution in [2.75, 3.05) is 11.5 Å². The largest absolute Gasteiger partial charge is 0.481 e. The van der Waals surface area contributed by atoms with Gasteiger partial charge in [-0.1, -0.05) is 35.0 Å². The molecule has 1 N–H and O–H groups in total. The van der Waals surface area contributed by atoms with E-state index in [9.17, 15) is 18.3 Å². The number of carboxylic acids is 1. The Morgan fingerprint density at radius 1 is 1.35 bits per heavy atom. The molecule has 0 saturated carbocycles. The maximum atomic E-state index is 11.6. The predicted octanol–water partition coefficient (Wildman–Crippen LogP) is 2.69. The molecule has 20 heavy (non-hydrogen) atoms. The molecule has 0 amide bonds. The van der Waals surface area contributed by atoms with Gasteiger partial charge in [-0.3, -0.25) is 4.79 Å². The molecule has 1 aromatic rings. The Balaban J connectivity index is 2.25. The highest BCUT2D eigenvalue weighted by atomic mass is 79.9. The molecule has 110 valence electrons. The highest BCUT2D eigenvalue weighted by Gasteiger charge is 2.40. The van der Waals surface area contributed by atoms with Crippen molar-refractivity contribution in [1.29, 1.82) is 0 Å². The number of carboxylic acid groups (broad SMARTS) is 1. The summed E-state index contributed by atoms with van der Waals surface area (Å²) >= 11 is 3.35. The van der Waals surface area contributed by atoms with Crippen LogP contribution in [-0.2, 0) is 14.6 Å². The summed E-state index contributed by atoms with van der Waals surface area (Å²) in [4.78, 5) is 11.6. The van der Waals surface area contributed by atoms with Gasteiger partial charge in [0.1, 0.15) is 0 Å². The third-order valence-corrected chi connectivity index (χ3v) is 6.32. The second kappa shape index (κ2) is 5.85. The van der Waals surface area contributed by atoms with Crippen molar-refractivity contribution >= 4 is 31.7 Å². The van der Waals surface area contributed by atoms with Gasteiger partial charge in [-0.2, -0.15) is 0 Å². The summed E-state index contributed by atoms with van der Waals surface area (Å²) in [5, 5.41) is 9.49. The van der Waals surface area contributed by atoms with Crippen molar-refractivity contribution in [2.45, 2.75) is 19.3 Å². The van der Waals surface area contributed by atoms with Gasteiger partial charge < -0.3 is 5.11 Å². The van der Waals surface area contributed by atoms with Crippen molar-refractivity contribution in [3.8, 4) is 0 Å². The van der Waals surface area contributed by atoms with Crippen molar-refractivity contribution in [3.05, 3.63) is 34.3 Å². The van der Waals surface area contributed by atoms with Gasteiger partial charge in [-0.05, 0) is 36.0 Å². The molecular weight excluding hydrogens is 344 g/mol. The lowest BCUT2D eigenvalue weighted by molar-refractivity contribution is -0.144. The molecular formula is C14H17BrO4S. The fraction of sp³-hybridized carbons (Fsp3) is 0.500. The topological polar surface area (TPSA) is 71.4 Å². The Bertz CT molecular complexity index is 594. The first-order valence-corrected chi connectivity index (χ1v) is 9.10. The van der Waals surface area contributed by atoms with Crippen LogP contribution in [-0.4, -0.2) is 31.0 Å². The van der Waals surface area contributed by atoms with Gasteiger partial charge in [0.05, 0.1) is 17.4 Å². The van der Waals surface area contributed by atoms with Gasteiger partial charge in [0.2, 0.25) is 0 Å². The Labute approximate surface area is 127 Å². The second-order valence-corrected chi connectivity index (χ2v) is 8.51. The lowest BCUT2D eigenvalue weighted by Crippen LogP contribution is -2.29. The average Bonchev–Trinajstić information content (AvgIpc) is 2.70. The highest BCUT2D eigenvalue weighted by Crippen LogP contribution is 2.36.